The van der Waals surface area contributed by atoms with Gasteiger partial charge in [-0.05, 0) is 30.2 Å². The van der Waals surface area contributed by atoms with E-state index in [1.807, 2.05) is 30.5 Å². The largest absolute Gasteiger partial charge is 0.330 e. The number of carbonyl (C=O) groups is 1. The van der Waals surface area contributed by atoms with Gasteiger partial charge in [-0.3, -0.25) is 9.78 Å². The number of hydrogen-bond acceptors (Lipinski definition) is 3. The summed E-state index contributed by atoms with van der Waals surface area (Å²) >= 11 is 0. The van der Waals surface area contributed by atoms with Crippen LogP contribution in [0, 0.1) is 5.41 Å². The lowest BCUT2D eigenvalue weighted by Gasteiger charge is -2.35. The lowest BCUT2D eigenvalue weighted by molar-refractivity contribution is 0.0869. The quantitative estimate of drug-likeness (QED) is 0.870. The van der Waals surface area contributed by atoms with Gasteiger partial charge in [0.15, 0.2) is 5.78 Å². The van der Waals surface area contributed by atoms with Gasteiger partial charge in [-0.1, -0.05) is 43.5 Å². The summed E-state index contributed by atoms with van der Waals surface area (Å²) in [5, 5.41) is 2.02. The van der Waals surface area contributed by atoms with Crippen LogP contribution < -0.4 is 5.73 Å². The van der Waals surface area contributed by atoms with Gasteiger partial charge in [-0.15, -0.1) is 0 Å². The van der Waals surface area contributed by atoms with E-state index >= 15 is 0 Å². The van der Waals surface area contributed by atoms with Gasteiger partial charge >= 0.3 is 0 Å². The van der Waals surface area contributed by atoms with Gasteiger partial charge in [-0.25, -0.2) is 0 Å². The first-order valence-electron chi connectivity index (χ1n) is 7.80. The summed E-state index contributed by atoms with van der Waals surface area (Å²) in [6, 6.07) is 7.94. The minimum atomic E-state index is 0.00623. The van der Waals surface area contributed by atoms with E-state index in [0.29, 0.717) is 13.0 Å². The summed E-state index contributed by atoms with van der Waals surface area (Å²) in [6.45, 7) is 0.608. The second kappa shape index (κ2) is 5.94. The first-order chi connectivity index (χ1) is 10.2. The highest BCUT2D eigenvalue weighted by molar-refractivity contribution is 6.07. The minimum absolute atomic E-state index is 0.00623. The molecule has 3 nitrogen and oxygen atoms in total. The fourth-order valence-corrected chi connectivity index (χ4v) is 3.53. The Morgan fingerprint density at radius 2 is 1.90 bits per heavy atom. The van der Waals surface area contributed by atoms with Crippen LogP contribution in [0.15, 0.2) is 36.7 Å². The number of hydrogen-bond donors (Lipinski definition) is 1. The smallest absolute Gasteiger partial charge is 0.165 e. The third-order valence-corrected chi connectivity index (χ3v) is 4.85. The van der Waals surface area contributed by atoms with Crippen LogP contribution in [0.2, 0.25) is 0 Å². The van der Waals surface area contributed by atoms with Gasteiger partial charge in [0, 0.05) is 29.8 Å². The number of ketones is 1. The molecule has 0 bridgehead atoms. The highest BCUT2D eigenvalue weighted by atomic mass is 16.1. The van der Waals surface area contributed by atoms with E-state index in [4.69, 9.17) is 5.73 Å². The van der Waals surface area contributed by atoms with E-state index in [1.165, 1.54) is 19.3 Å². The molecule has 21 heavy (non-hydrogen) atoms. The number of benzene rings is 1. The molecule has 1 fully saturated rings. The Hall–Kier alpha value is -1.74. The zero-order valence-electron chi connectivity index (χ0n) is 12.3. The molecule has 1 aliphatic rings. The van der Waals surface area contributed by atoms with Crippen molar-refractivity contribution in [3.05, 3.63) is 42.2 Å². The molecule has 2 N–H and O–H groups in total. The highest BCUT2D eigenvalue weighted by Crippen LogP contribution is 2.39. The molecular weight excluding hydrogens is 260 g/mol. The monoisotopic (exact) mass is 282 g/mol. The van der Waals surface area contributed by atoms with E-state index in [-0.39, 0.29) is 11.2 Å². The van der Waals surface area contributed by atoms with E-state index in [1.54, 1.807) is 6.20 Å². The maximum Gasteiger partial charge on any atom is 0.165 e. The number of Topliss-reactive ketones (excluding diaryl/α,β-unsaturated/α-hetero) is 1. The molecule has 3 rings (SSSR count). The molecule has 1 aliphatic carbocycles. The number of pyridine rings is 1. The molecule has 110 valence electrons. The maximum atomic E-state index is 12.8. The molecule has 1 aromatic carbocycles. The predicted molar refractivity (Wildman–Crippen MR) is 85.3 cm³/mol. The summed E-state index contributed by atoms with van der Waals surface area (Å²) in [4.78, 5) is 17.0. The fourth-order valence-electron chi connectivity index (χ4n) is 3.53. The molecule has 1 aromatic heterocycles. The SMILES string of the molecule is NCC1(CC(=O)c2cncc3ccccc23)CCCCC1. The summed E-state index contributed by atoms with van der Waals surface area (Å²) in [5.74, 6) is 0.187. The normalized spacial score (nSPS) is 17.8. The molecule has 0 spiro atoms. The zero-order valence-corrected chi connectivity index (χ0v) is 12.3. The maximum absolute atomic E-state index is 12.8. The number of nitrogens with two attached hydrogens (primary N) is 1. The molecule has 3 heteroatoms. The van der Waals surface area contributed by atoms with Gasteiger partial charge in [0.05, 0.1) is 0 Å². The average molecular weight is 282 g/mol. The molecule has 0 radical (unpaired) electrons. The van der Waals surface area contributed by atoms with Gasteiger partial charge in [0.2, 0.25) is 0 Å². The standard InChI is InChI=1S/C18H22N2O/c19-13-18(8-4-1-5-9-18)10-17(21)16-12-20-11-14-6-2-3-7-15(14)16/h2-3,6-7,11-12H,1,4-5,8-10,13,19H2. The van der Waals surface area contributed by atoms with Crippen LogP contribution in [0.3, 0.4) is 0 Å². The second-order valence-electron chi connectivity index (χ2n) is 6.27. The molecule has 1 heterocycles. The summed E-state index contributed by atoms with van der Waals surface area (Å²) < 4.78 is 0. The molecule has 0 amide bonds. The van der Waals surface area contributed by atoms with Gasteiger partial charge in [0.1, 0.15) is 0 Å². The van der Waals surface area contributed by atoms with E-state index in [0.717, 1.165) is 29.2 Å². The first-order valence-corrected chi connectivity index (χ1v) is 7.80. The third-order valence-electron chi connectivity index (χ3n) is 4.85. The first kappa shape index (κ1) is 14.2. The van der Waals surface area contributed by atoms with E-state index in [9.17, 15) is 4.79 Å². The Bertz CT molecular complexity index is 639. The van der Waals surface area contributed by atoms with Crippen LogP contribution in [0.25, 0.3) is 10.8 Å². The third kappa shape index (κ3) is 2.84. The van der Waals surface area contributed by atoms with Crippen molar-refractivity contribution in [2.45, 2.75) is 38.5 Å². The lowest BCUT2D eigenvalue weighted by atomic mass is 9.70. The van der Waals surface area contributed by atoms with Crippen molar-refractivity contribution >= 4 is 16.6 Å². The summed E-state index contributed by atoms with van der Waals surface area (Å²) in [5.41, 5.74) is 6.76. The molecule has 0 unspecified atom stereocenters. The minimum Gasteiger partial charge on any atom is -0.330 e. The van der Waals surface area contributed by atoms with E-state index < -0.39 is 0 Å². The number of carbonyl (C=O) groups excluding carboxylic acids is 1. The van der Waals surface area contributed by atoms with Crippen LogP contribution in [0.5, 0.6) is 0 Å². The Kier molecular flexibility index (Phi) is 4.02. The highest BCUT2D eigenvalue weighted by Gasteiger charge is 2.33. The molecule has 0 aliphatic heterocycles. The molecular formula is C18H22N2O. The Morgan fingerprint density at radius 1 is 1.14 bits per heavy atom. The summed E-state index contributed by atoms with van der Waals surface area (Å²) in [7, 11) is 0. The van der Waals surface area contributed by atoms with Crippen LogP contribution >= 0.6 is 0 Å². The van der Waals surface area contributed by atoms with Gasteiger partial charge < -0.3 is 5.73 Å². The van der Waals surface area contributed by atoms with Crippen LogP contribution in [0.1, 0.15) is 48.9 Å². The Morgan fingerprint density at radius 3 is 2.67 bits per heavy atom. The van der Waals surface area contributed by atoms with Crippen molar-refractivity contribution < 1.29 is 4.79 Å². The van der Waals surface area contributed by atoms with Gasteiger partial charge in [0.25, 0.3) is 0 Å². The van der Waals surface area contributed by atoms with Gasteiger partial charge in [-0.2, -0.15) is 0 Å². The van der Waals surface area contributed by atoms with Crippen molar-refractivity contribution in [2.75, 3.05) is 6.54 Å². The van der Waals surface area contributed by atoms with Crippen LogP contribution in [-0.4, -0.2) is 17.3 Å². The number of fused-ring (bicyclic) bond motifs is 1. The number of rotatable bonds is 4. The molecule has 2 aromatic rings. The average Bonchev–Trinajstić information content (AvgIpc) is 2.55. The lowest BCUT2D eigenvalue weighted by Crippen LogP contribution is -2.35. The topological polar surface area (TPSA) is 56.0 Å². The fraction of sp³-hybridized carbons (Fsp3) is 0.444. The molecule has 0 saturated heterocycles. The molecule has 1 saturated carbocycles. The summed E-state index contributed by atoms with van der Waals surface area (Å²) in [6.07, 6.45) is 9.88. The van der Waals surface area contributed by atoms with Crippen LogP contribution in [0.4, 0.5) is 0 Å². The van der Waals surface area contributed by atoms with Crippen molar-refractivity contribution in [2.24, 2.45) is 11.1 Å². The van der Waals surface area contributed by atoms with Crippen LogP contribution in [-0.2, 0) is 0 Å². The molecule has 0 atom stereocenters. The Labute approximate surface area is 125 Å². The van der Waals surface area contributed by atoms with E-state index in [2.05, 4.69) is 4.98 Å². The zero-order chi connectivity index (χ0) is 14.7. The predicted octanol–water partition coefficient (Wildman–Crippen LogP) is 3.72. The Balaban J connectivity index is 1.90. The van der Waals surface area contributed by atoms with Crippen molar-refractivity contribution in [1.82, 2.24) is 4.98 Å². The number of aromatic nitrogens is 1. The number of nitrogens with zero attached hydrogens (tertiary/aromatic N) is 1. The van der Waals surface area contributed by atoms with Crippen molar-refractivity contribution in [3.8, 4) is 0 Å². The second-order valence-corrected chi connectivity index (χ2v) is 6.27. The van der Waals surface area contributed by atoms with Crippen molar-refractivity contribution in [3.63, 3.8) is 0 Å². The van der Waals surface area contributed by atoms with Crippen molar-refractivity contribution in [1.29, 1.82) is 0 Å².